The molecule has 54 heavy (non-hydrogen) atoms. The SMILES string of the molecule is CCCCCCCCCCCCCCCCCCCCCCCC(=O)OC(COCCCCCCCCCCCCC)COP(=O)([O-])OCC[N+](C)(C)C. The summed E-state index contributed by atoms with van der Waals surface area (Å²) in [5.41, 5.74) is 0. The van der Waals surface area contributed by atoms with Crippen LogP contribution in [0, 0.1) is 0 Å². The largest absolute Gasteiger partial charge is 0.756 e. The van der Waals surface area contributed by atoms with Crippen LogP contribution in [0.4, 0.5) is 0 Å². The van der Waals surface area contributed by atoms with Crippen LogP contribution >= 0.6 is 7.82 Å². The Kier molecular flexibility index (Phi) is 39.0. The van der Waals surface area contributed by atoms with Gasteiger partial charge in [0.2, 0.25) is 0 Å². The molecule has 0 aromatic carbocycles. The third-order valence-corrected chi connectivity index (χ3v) is 11.4. The van der Waals surface area contributed by atoms with Gasteiger partial charge in [0.15, 0.2) is 0 Å². The van der Waals surface area contributed by atoms with Gasteiger partial charge in [-0.15, -0.1) is 0 Å². The summed E-state index contributed by atoms with van der Waals surface area (Å²) in [6, 6.07) is 0. The molecule has 0 aliphatic heterocycles. The van der Waals surface area contributed by atoms with E-state index in [0.717, 1.165) is 32.1 Å². The predicted molar refractivity (Wildman–Crippen MR) is 227 cm³/mol. The number of ether oxygens (including phenoxy) is 2. The fraction of sp³-hybridized carbons (Fsp3) is 0.978. The molecule has 8 nitrogen and oxygen atoms in total. The van der Waals surface area contributed by atoms with Gasteiger partial charge in [-0.25, -0.2) is 0 Å². The topological polar surface area (TPSA) is 94.1 Å². The molecular weight excluding hydrogens is 697 g/mol. The Hall–Kier alpha value is -0.500. The molecule has 0 spiro atoms. The molecule has 0 amide bonds. The fourth-order valence-electron chi connectivity index (χ4n) is 6.78. The van der Waals surface area contributed by atoms with E-state index in [-0.39, 0.29) is 25.8 Å². The number of quaternary nitrogens is 1. The maximum Gasteiger partial charge on any atom is 0.306 e. The minimum atomic E-state index is -4.51. The summed E-state index contributed by atoms with van der Waals surface area (Å²) in [5, 5.41) is 0. The summed E-state index contributed by atoms with van der Waals surface area (Å²) >= 11 is 0. The lowest BCUT2D eigenvalue weighted by Crippen LogP contribution is -2.37. The minimum absolute atomic E-state index is 0.0313. The zero-order valence-corrected chi connectivity index (χ0v) is 37.6. The number of unbranched alkanes of at least 4 members (excludes halogenated alkanes) is 30. The molecule has 0 aromatic heterocycles. The van der Waals surface area contributed by atoms with Crippen LogP contribution in [0.2, 0.25) is 0 Å². The Morgan fingerprint density at radius 1 is 0.500 bits per heavy atom. The van der Waals surface area contributed by atoms with Gasteiger partial charge in [-0.05, 0) is 12.8 Å². The van der Waals surface area contributed by atoms with Gasteiger partial charge in [-0.2, -0.15) is 0 Å². The lowest BCUT2D eigenvalue weighted by Gasteiger charge is -2.28. The molecule has 0 fully saturated rings. The van der Waals surface area contributed by atoms with Crippen LogP contribution in [0.25, 0.3) is 0 Å². The quantitative estimate of drug-likeness (QED) is 0.0262. The van der Waals surface area contributed by atoms with Crippen molar-refractivity contribution in [1.82, 2.24) is 0 Å². The zero-order valence-electron chi connectivity index (χ0n) is 36.7. The Bertz CT molecular complexity index is 837. The molecule has 0 aliphatic rings. The van der Waals surface area contributed by atoms with Crippen LogP contribution in [-0.2, 0) is 27.9 Å². The molecular formula is C45H92NO7P. The average molecular weight is 790 g/mol. The van der Waals surface area contributed by atoms with E-state index < -0.39 is 13.9 Å². The maximum atomic E-state index is 12.7. The minimum Gasteiger partial charge on any atom is -0.756 e. The number of hydrogen-bond donors (Lipinski definition) is 0. The summed E-state index contributed by atoms with van der Waals surface area (Å²) in [5.74, 6) is -0.327. The van der Waals surface area contributed by atoms with Gasteiger partial charge in [-0.1, -0.05) is 206 Å². The van der Waals surface area contributed by atoms with E-state index in [1.165, 1.54) is 173 Å². The van der Waals surface area contributed by atoms with Crippen molar-refractivity contribution < 1.29 is 37.3 Å². The molecule has 0 radical (unpaired) electrons. The Morgan fingerprint density at radius 3 is 1.22 bits per heavy atom. The molecule has 0 aromatic rings. The van der Waals surface area contributed by atoms with Crippen molar-refractivity contribution in [1.29, 1.82) is 0 Å². The first-order chi connectivity index (χ1) is 26.1. The maximum absolute atomic E-state index is 12.7. The van der Waals surface area contributed by atoms with E-state index in [1.807, 2.05) is 21.1 Å². The number of phosphoric acid groups is 1. The number of carbonyl (C=O) groups excluding carboxylic acids is 1. The number of rotatable bonds is 44. The number of nitrogens with zero attached hydrogens (tertiary/aromatic N) is 1. The Labute approximate surface area is 336 Å². The highest BCUT2D eigenvalue weighted by Gasteiger charge is 2.20. The highest BCUT2D eigenvalue weighted by Crippen LogP contribution is 2.38. The summed E-state index contributed by atoms with van der Waals surface area (Å²) < 4.78 is 34.6. The van der Waals surface area contributed by atoms with Crippen molar-refractivity contribution in [3.8, 4) is 0 Å². The van der Waals surface area contributed by atoms with Gasteiger partial charge in [-0.3, -0.25) is 9.36 Å². The first kappa shape index (κ1) is 53.5. The van der Waals surface area contributed by atoms with Crippen molar-refractivity contribution in [3.05, 3.63) is 0 Å². The summed E-state index contributed by atoms with van der Waals surface area (Å²) in [6.45, 7) is 5.46. The first-order valence-electron chi connectivity index (χ1n) is 23.3. The van der Waals surface area contributed by atoms with Gasteiger partial charge in [0.25, 0.3) is 7.82 Å². The van der Waals surface area contributed by atoms with Crippen molar-refractivity contribution in [2.45, 2.75) is 232 Å². The summed E-state index contributed by atoms with van der Waals surface area (Å²) in [6.07, 6.45) is 41.2. The zero-order chi connectivity index (χ0) is 39.9. The van der Waals surface area contributed by atoms with Crippen molar-refractivity contribution in [2.75, 3.05) is 54.1 Å². The van der Waals surface area contributed by atoms with Crippen molar-refractivity contribution >= 4 is 13.8 Å². The molecule has 0 saturated heterocycles. The van der Waals surface area contributed by atoms with Gasteiger partial charge in [0.1, 0.15) is 19.3 Å². The molecule has 2 unspecified atom stereocenters. The molecule has 0 bridgehead atoms. The van der Waals surface area contributed by atoms with Crippen LogP contribution in [0.3, 0.4) is 0 Å². The van der Waals surface area contributed by atoms with Crippen LogP contribution < -0.4 is 4.89 Å². The molecule has 0 aliphatic carbocycles. The standard InChI is InChI=1S/C45H92NO7P/c1-6-8-10-12-14-16-18-19-20-21-22-23-24-25-26-27-28-30-32-34-36-38-45(47)53-44(43-52-54(48,49)51-41-39-46(3,4)5)42-50-40-37-35-33-31-29-17-15-13-11-9-7-2/h44H,6-43H2,1-5H3. The van der Waals surface area contributed by atoms with Crippen molar-refractivity contribution in [3.63, 3.8) is 0 Å². The Balaban J connectivity index is 4.07. The van der Waals surface area contributed by atoms with E-state index >= 15 is 0 Å². The molecule has 2 atom stereocenters. The normalized spacial score (nSPS) is 13.7. The summed E-state index contributed by atoms with van der Waals surface area (Å²) in [4.78, 5) is 25.0. The fourth-order valence-corrected chi connectivity index (χ4v) is 7.51. The second-order valence-electron chi connectivity index (χ2n) is 17.1. The third kappa shape index (κ3) is 42.6. The van der Waals surface area contributed by atoms with Gasteiger partial charge in [0.05, 0.1) is 34.4 Å². The highest BCUT2D eigenvalue weighted by atomic mass is 31.2. The highest BCUT2D eigenvalue weighted by molar-refractivity contribution is 7.45. The lowest BCUT2D eigenvalue weighted by atomic mass is 10.0. The Morgan fingerprint density at radius 2 is 0.852 bits per heavy atom. The van der Waals surface area contributed by atoms with Crippen LogP contribution in [0.15, 0.2) is 0 Å². The van der Waals surface area contributed by atoms with Gasteiger partial charge >= 0.3 is 5.97 Å². The van der Waals surface area contributed by atoms with Crippen LogP contribution in [0.1, 0.15) is 226 Å². The van der Waals surface area contributed by atoms with E-state index in [1.54, 1.807) is 0 Å². The molecule has 0 saturated carbocycles. The smallest absolute Gasteiger partial charge is 0.306 e. The number of hydrogen-bond acceptors (Lipinski definition) is 7. The molecule has 324 valence electrons. The lowest BCUT2D eigenvalue weighted by molar-refractivity contribution is -0.870. The predicted octanol–water partition coefficient (Wildman–Crippen LogP) is 13.0. The van der Waals surface area contributed by atoms with Gasteiger partial charge in [0, 0.05) is 13.0 Å². The van der Waals surface area contributed by atoms with E-state index in [9.17, 15) is 14.3 Å². The van der Waals surface area contributed by atoms with Crippen LogP contribution in [-0.4, -0.2) is 70.7 Å². The third-order valence-electron chi connectivity index (χ3n) is 10.4. The van der Waals surface area contributed by atoms with Gasteiger partial charge < -0.3 is 27.9 Å². The number of carbonyl (C=O) groups is 1. The molecule has 9 heteroatoms. The first-order valence-corrected chi connectivity index (χ1v) is 24.7. The summed E-state index contributed by atoms with van der Waals surface area (Å²) in [7, 11) is 1.37. The average Bonchev–Trinajstić information content (AvgIpc) is 3.12. The van der Waals surface area contributed by atoms with Crippen LogP contribution in [0.5, 0.6) is 0 Å². The van der Waals surface area contributed by atoms with Crippen molar-refractivity contribution in [2.24, 2.45) is 0 Å². The van der Waals surface area contributed by atoms with E-state index in [0.29, 0.717) is 24.1 Å². The van der Waals surface area contributed by atoms with E-state index in [2.05, 4.69) is 13.8 Å². The second-order valence-corrected chi connectivity index (χ2v) is 18.5. The van der Waals surface area contributed by atoms with E-state index in [4.69, 9.17) is 18.5 Å². The number of likely N-dealkylation sites (N-methyl/N-ethyl adjacent to an activating group) is 1. The molecule has 0 N–H and O–H groups in total. The number of phosphoric ester groups is 1. The molecule has 0 heterocycles. The molecule has 0 rings (SSSR count). The monoisotopic (exact) mass is 790 g/mol. The second kappa shape index (κ2) is 39.3. The number of esters is 1.